The zero-order valence-corrected chi connectivity index (χ0v) is 16.9. The first-order valence-corrected chi connectivity index (χ1v) is 10.2. The summed E-state index contributed by atoms with van der Waals surface area (Å²) in [4.78, 5) is 11.4. The van der Waals surface area contributed by atoms with Gasteiger partial charge in [0.2, 0.25) is 0 Å². The summed E-state index contributed by atoms with van der Waals surface area (Å²) in [5, 5.41) is 22.7. The Labute approximate surface area is 158 Å². The SMILES string of the molecule is C=CC1(C)CCC2C3(C)CCCC(C)(COC(C)=O)C3CC(O)C2(O)C1. The summed E-state index contributed by atoms with van der Waals surface area (Å²) in [6.07, 6.45) is 7.43. The second kappa shape index (κ2) is 6.34. The maximum atomic E-state index is 11.6. The summed E-state index contributed by atoms with van der Waals surface area (Å²) < 4.78 is 5.43. The van der Waals surface area contributed by atoms with E-state index in [0.29, 0.717) is 19.4 Å². The fourth-order valence-electron chi connectivity index (χ4n) is 6.86. The van der Waals surface area contributed by atoms with Crippen LogP contribution in [0.3, 0.4) is 0 Å². The summed E-state index contributed by atoms with van der Waals surface area (Å²) in [5.41, 5.74) is -1.35. The lowest BCUT2D eigenvalue weighted by Crippen LogP contribution is -2.67. The standard InChI is InChI=1S/C22H36O4/c1-6-19(3)11-8-16-21(5)10-7-9-20(4,14-26-15(2)23)17(21)12-18(24)22(16,25)13-19/h6,16-18,24-25H,1,7-14H2,2-5H3. The minimum Gasteiger partial charge on any atom is -0.465 e. The Balaban J connectivity index is 1.94. The third-order valence-corrected chi connectivity index (χ3v) is 8.33. The van der Waals surface area contributed by atoms with Crippen molar-refractivity contribution in [2.45, 2.75) is 84.3 Å². The number of carbonyl (C=O) groups is 1. The molecule has 26 heavy (non-hydrogen) atoms. The predicted octanol–water partition coefficient (Wildman–Crippen LogP) is 3.85. The lowest BCUT2D eigenvalue weighted by atomic mass is 9.41. The molecule has 7 unspecified atom stereocenters. The lowest BCUT2D eigenvalue weighted by molar-refractivity contribution is -0.255. The highest BCUT2D eigenvalue weighted by Gasteiger charge is 2.65. The number of esters is 1. The first-order valence-electron chi connectivity index (χ1n) is 10.2. The Morgan fingerprint density at radius 2 is 1.92 bits per heavy atom. The molecule has 4 nitrogen and oxygen atoms in total. The smallest absolute Gasteiger partial charge is 0.302 e. The number of carbonyl (C=O) groups excluding carboxylic acids is 1. The average molecular weight is 365 g/mol. The van der Waals surface area contributed by atoms with Crippen molar-refractivity contribution in [3.05, 3.63) is 12.7 Å². The topological polar surface area (TPSA) is 66.8 Å². The van der Waals surface area contributed by atoms with E-state index in [0.717, 1.165) is 32.1 Å². The van der Waals surface area contributed by atoms with Crippen LogP contribution >= 0.6 is 0 Å². The van der Waals surface area contributed by atoms with Crippen molar-refractivity contribution in [1.29, 1.82) is 0 Å². The van der Waals surface area contributed by atoms with Crippen LogP contribution in [0, 0.1) is 28.1 Å². The van der Waals surface area contributed by atoms with Gasteiger partial charge < -0.3 is 14.9 Å². The van der Waals surface area contributed by atoms with E-state index in [4.69, 9.17) is 4.74 Å². The molecule has 0 heterocycles. The second-order valence-corrected chi connectivity index (χ2v) is 10.2. The van der Waals surface area contributed by atoms with Gasteiger partial charge in [0.1, 0.15) is 0 Å². The molecule has 0 aromatic carbocycles. The molecule has 4 heteroatoms. The fraction of sp³-hybridized carbons (Fsp3) is 0.864. The van der Waals surface area contributed by atoms with Crippen LogP contribution in [0.5, 0.6) is 0 Å². The second-order valence-electron chi connectivity index (χ2n) is 10.2. The number of rotatable bonds is 3. The summed E-state index contributed by atoms with van der Waals surface area (Å²) in [6.45, 7) is 12.5. The third-order valence-electron chi connectivity index (χ3n) is 8.33. The molecule has 0 saturated heterocycles. The van der Waals surface area contributed by atoms with E-state index in [9.17, 15) is 15.0 Å². The van der Waals surface area contributed by atoms with Crippen molar-refractivity contribution < 1.29 is 19.7 Å². The van der Waals surface area contributed by atoms with E-state index in [1.165, 1.54) is 6.92 Å². The minimum absolute atomic E-state index is 0.0381. The van der Waals surface area contributed by atoms with Crippen LogP contribution in [-0.4, -0.2) is 34.5 Å². The van der Waals surface area contributed by atoms with Crippen LogP contribution in [0.25, 0.3) is 0 Å². The van der Waals surface area contributed by atoms with E-state index >= 15 is 0 Å². The molecule has 2 N–H and O–H groups in total. The van der Waals surface area contributed by atoms with Crippen LogP contribution in [0.15, 0.2) is 12.7 Å². The van der Waals surface area contributed by atoms with Gasteiger partial charge in [0, 0.05) is 12.3 Å². The van der Waals surface area contributed by atoms with Crippen LogP contribution in [0.4, 0.5) is 0 Å². The highest BCUT2D eigenvalue weighted by atomic mass is 16.5. The molecule has 3 fully saturated rings. The largest absolute Gasteiger partial charge is 0.465 e. The molecule has 0 bridgehead atoms. The average Bonchev–Trinajstić information content (AvgIpc) is 2.55. The lowest BCUT2D eigenvalue weighted by Gasteiger charge is -2.66. The summed E-state index contributed by atoms with van der Waals surface area (Å²) in [7, 11) is 0. The van der Waals surface area contributed by atoms with Gasteiger partial charge in [0.05, 0.1) is 18.3 Å². The molecule has 0 spiro atoms. The Morgan fingerprint density at radius 3 is 2.54 bits per heavy atom. The molecule has 0 aromatic heterocycles. The van der Waals surface area contributed by atoms with Crippen LogP contribution in [-0.2, 0) is 9.53 Å². The Kier molecular flexibility index (Phi) is 4.85. The summed E-state index contributed by atoms with van der Waals surface area (Å²) in [5.74, 6) is 0.0796. The molecule has 3 rings (SSSR count). The van der Waals surface area contributed by atoms with Crippen molar-refractivity contribution in [2.75, 3.05) is 6.61 Å². The Morgan fingerprint density at radius 1 is 1.23 bits per heavy atom. The van der Waals surface area contributed by atoms with Gasteiger partial charge >= 0.3 is 5.97 Å². The van der Waals surface area contributed by atoms with Crippen LogP contribution in [0.1, 0.15) is 72.6 Å². The minimum atomic E-state index is -1.05. The van der Waals surface area contributed by atoms with E-state index < -0.39 is 11.7 Å². The highest BCUT2D eigenvalue weighted by Crippen LogP contribution is 2.66. The van der Waals surface area contributed by atoms with Crippen molar-refractivity contribution in [3.8, 4) is 0 Å². The van der Waals surface area contributed by atoms with E-state index in [2.05, 4.69) is 27.4 Å². The van der Waals surface area contributed by atoms with Gasteiger partial charge in [0.15, 0.2) is 0 Å². The fourth-order valence-corrected chi connectivity index (χ4v) is 6.86. The van der Waals surface area contributed by atoms with Crippen LogP contribution in [0.2, 0.25) is 0 Å². The summed E-state index contributed by atoms with van der Waals surface area (Å²) in [6, 6.07) is 0. The predicted molar refractivity (Wildman–Crippen MR) is 101 cm³/mol. The van der Waals surface area contributed by atoms with Crippen molar-refractivity contribution >= 4 is 5.97 Å². The van der Waals surface area contributed by atoms with E-state index in [1.54, 1.807) is 0 Å². The Bertz CT molecular complexity index is 589. The molecule has 0 aromatic rings. The molecule has 0 aliphatic heterocycles. The van der Waals surface area contributed by atoms with Crippen molar-refractivity contribution in [3.63, 3.8) is 0 Å². The Hall–Kier alpha value is -0.870. The molecule has 0 radical (unpaired) electrons. The molecule has 148 valence electrons. The van der Waals surface area contributed by atoms with Gasteiger partial charge in [-0.1, -0.05) is 33.3 Å². The van der Waals surface area contributed by atoms with Gasteiger partial charge in [-0.25, -0.2) is 0 Å². The van der Waals surface area contributed by atoms with Crippen LogP contribution < -0.4 is 0 Å². The van der Waals surface area contributed by atoms with Gasteiger partial charge in [-0.15, -0.1) is 6.58 Å². The number of allylic oxidation sites excluding steroid dienone is 1. The monoisotopic (exact) mass is 364 g/mol. The molecule has 3 aliphatic carbocycles. The number of fused-ring (bicyclic) bond motifs is 3. The molecule has 0 amide bonds. The first kappa shape index (κ1) is 19.9. The zero-order chi connectivity index (χ0) is 19.4. The van der Waals surface area contributed by atoms with Gasteiger partial charge in [-0.05, 0) is 61.2 Å². The first-order chi connectivity index (χ1) is 12.0. The molecular weight excluding hydrogens is 328 g/mol. The van der Waals surface area contributed by atoms with Gasteiger partial charge in [-0.3, -0.25) is 4.79 Å². The normalized spacial score (nSPS) is 51.1. The number of hydrogen-bond donors (Lipinski definition) is 2. The number of hydrogen-bond acceptors (Lipinski definition) is 4. The molecule has 3 aliphatic rings. The van der Waals surface area contributed by atoms with E-state index in [1.807, 2.05) is 6.08 Å². The molecule has 7 atom stereocenters. The summed E-state index contributed by atoms with van der Waals surface area (Å²) >= 11 is 0. The van der Waals surface area contributed by atoms with Crippen molar-refractivity contribution in [1.82, 2.24) is 0 Å². The number of aliphatic hydroxyl groups is 2. The third kappa shape index (κ3) is 2.93. The zero-order valence-electron chi connectivity index (χ0n) is 16.9. The quantitative estimate of drug-likeness (QED) is 0.590. The molecular formula is C22H36O4. The molecule has 3 saturated carbocycles. The van der Waals surface area contributed by atoms with Gasteiger partial charge in [-0.2, -0.15) is 0 Å². The number of ether oxygens (including phenoxy) is 1. The van der Waals surface area contributed by atoms with E-state index in [-0.39, 0.29) is 34.1 Å². The highest BCUT2D eigenvalue weighted by molar-refractivity contribution is 5.65. The maximum absolute atomic E-state index is 11.6. The van der Waals surface area contributed by atoms with Crippen molar-refractivity contribution in [2.24, 2.45) is 28.1 Å². The van der Waals surface area contributed by atoms with Gasteiger partial charge in [0.25, 0.3) is 0 Å². The number of aliphatic hydroxyl groups excluding tert-OH is 1. The maximum Gasteiger partial charge on any atom is 0.302 e.